The Labute approximate surface area is 195 Å². The highest BCUT2D eigenvalue weighted by Crippen LogP contribution is 2.62. The van der Waals surface area contributed by atoms with E-state index in [9.17, 15) is 0 Å². The van der Waals surface area contributed by atoms with Gasteiger partial charge < -0.3 is 4.74 Å². The van der Waals surface area contributed by atoms with Crippen molar-refractivity contribution in [3.63, 3.8) is 0 Å². The van der Waals surface area contributed by atoms with Gasteiger partial charge in [0.25, 0.3) is 0 Å². The maximum atomic E-state index is 6.44. The van der Waals surface area contributed by atoms with Crippen molar-refractivity contribution in [1.82, 2.24) is 0 Å². The largest absolute Gasteiger partial charge is 0.457 e. The third-order valence-corrected chi connectivity index (χ3v) is 8.48. The fourth-order valence-corrected chi connectivity index (χ4v) is 7.20. The average Bonchev–Trinajstić information content (AvgIpc) is 3.37. The van der Waals surface area contributed by atoms with E-state index in [0.29, 0.717) is 0 Å². The topological polar surface area (TPSA) is 9.23 Å². The number of rotatable bonds is 0. The zero-order chi connectivity index (χ0) is 21.6. The van der Waals surface area contributed by atoms with Crippen LogP contribution in [0.3, 0.4) is 0 Å². The van der Waals surface area contributed by atoms with Gasteiger partial charge in [0.1, 0.15) is 11.5 Å². The molecule has 0 N–H and O–H groups in total. The summed E-state index contributed by atoms with van der Waals surface area (Å²) < 4.78 is 9.12. The Hall–Kier alpha value is -3.88. The second kappa shape index (κ2) is 6.12. The van der Waals surface area contributed by atoms with Crippen molar-refractivity contribution in [3.8, 4) is 22.6 Å². The van der Waals surface area contributed by atoms with Crippen molar-refractivity contribution in [2.75, 3.05) is 0 Å². The predicted molar refractivity (Wildman–Crippen MR) is 137 cm³/mol. The first-order valence-corrected chi connectivity index (χ1v) is 12.1. The van der Waals surface area contributed by atoms with Crippen LogP contribution in [0.25, 0.3) is 31.3 Å². The molecular formula is C31H18OS. The number of benzene rings is 5. The summed E-state index contributed by atoms with van der Waals surface area (Å²) in [6.45, 7) is 0. The first-order valence-electron chi connectivity index (χ1n) is 11.3. The van der Waals surface area contributed by atoms with E-state index in [1.165, 1.54) is 53.6 Å². The molecule has 0 radical (unpaired) electrons. The van der Waals surface area contributed by atoms with Crippen LogP contribution >= 0.6 is 11.3 Å². The Balaban J connectivity index is 1.61. The van der Waals surface area contributed by atoms with Gasteiger partial charge in [-0.05, 0) is 52.6 Å². The quantitative estimate of drug-likeness (QED) is 0.230. The maximum absolute atomic E-state index is 6.44. The van der Waals surface area contributed by atoms with Gasteiger partial charge in [0, 0.05) is 31.3 Å². The SMILES string of the molecule is c1ccc2c(c1)Oc1ccccc1C21c2ccccc2-c2cc3sc4ccccc4c3cc21. The highest BCUT2D eigenvalue weighted by Gasteiger charge is 2.51. The van der Waals surface area contributed by atoms with E-state index in [4.69, 9.17) is 4.74 Å². The fraction of sp³-hybridized carbons (Fsp3) is 0.0323. The molecule has 1 nitrogen and oxygen atoms in total. The van der Waals surface area contributed by atoms with Crippen molar-refractivity contribution < 1.29 is 4.74 Å². The summed E-state index contributed by atoms with van der Waals surface area (Å²) in [5.41, 5.74) is 7.37. The van der Waals surface area contributed by atoms with Gasteiger partial charge in [-0.2, -0.15) is 0 Å². The first-order chi connectivity index (χ1) is 16.4. The van der Waals surface area contributed by atoms with Crippen LogP contribution in [-0.2, 0) is 5.41 Å². The molecule has 0 atom stereocenters. The van der Waals surface area contributed by atoms with Crippen LogP contribution in [0.2, 0.25) is 0 Å². The molecule has 154 valence electrons. The normalized spacial score (nSPS) is 14.5. The summed E-state index contributed by atoms with van der Waals surface area (Å²) in [5.74, 6) is 1.88. The lowest BCUT2D eigenvalue weighted by Crippen LogP contribution is -2.32. The maximum Gasteiger partial charge on any atom is 0.132 e. The molecule has 1 aliphatic carbocycles. The number of ether oxygens (including phenoxy) is 1. The molecular weight excluding hydrogens is 420 g/mol. The number of fused-ring (bicyclic) bond motifs is 12. The van der Waals surface area contributed by atoms with Crippen LogP contribution in [0.5, 0.6) is 11.5 Å². The molecule has 8 rings (SSSR count). The molecule has 0 saturated carbocycles. The molecule has 1 aliphatic heterocycles. The zero-order valence-electron chi connectivity index (χ0n) is 17.7. The Morgan fingerprint density at radius 1 is 0.485 bits per heavy atom. The van der Waals surface area contributed by atoms with Gasteiger partial charge in [-0.3, -0.25) is 0 Å². The second-order valence-electron chi connectivity index (χ2n) is 8.88. The Bertz CT molecular complexity index is 1710. The molecule has 1 aromatic heterocycles. The van der Waals surface area contributed by atoms with Crippen molar-refractivity contribution in [3.05, 3.63) is 131 Å². The molecule has 0 saturated heterocycles. The second-order valence-corrected chi connectivity index (χ2v) is 9.97. The summed E-state index contributed by atoms with van der Waals surface area (Å²) in [5, 5.41) is 2.67. The van der Waals surface area contributed by atoms with Gasteiger partial charge in [-0.25, -0.2) is 0 Å². The molecule has 2 heteroatoms. The third-order valence-electron chi connectivity index (χ3n) is 7.34. The van der Waals surface area contributed by atoms with Crippen LogP contribution in [0, 0.1) is 0 Å². The minimum Gasteiger partial charge on any atom is -0.457 e. The Morgan fingerprint density at radius 3 is 1.91 bits per heavy atom. The number of hydrogen-bond acceptors (Lipinski definition) is 2. The Morgan fingerprint density at radius 2 is 1.12 bits per heavy atom. The summed E-state index contributed by atoms with van der Waals surface area (Å²) >= 11 is 1.88. The summed E-state index contributed by atoms with van der Waals surface area (Å²) in [6, 6.07) is 39.7. The molecule has 2 aliphatic rings. The van der Waals surface area contributed by atoms with Gasteiger partial charge in [-0.15, -0.1) is 11.3 Å². The standard InChI is InChI=1S/C31H18OS/c1-3-11-23-19(9-1)21-18-30-22(20-10-2-8-16-29(20)33-30)17-26(21)31(23)24-12-4-6-14-27(24)32-28-15-7-5-13-25(28)31/h1-18H. The van der Waals surface area contributed by atoms with Crippen LogP contribution in [0.1, 0.15) is 22.3 Å². The lowest BCUT2D eigenvalue weighted by atomic mass is 9.66. The molecule has 33 heavy (non-hydrogen) atoms. The molecule has 6 aromatic rings. The highest BCUT2D eigenvalue weighted by atomic mass is 32.1. The van der Waals surface area contributed by atoms with E-state index < -0.39 is 5.41 Å². The van der Waals surface area contributed by atoms with Crippen molar-refractivity contribution >= 4 is 31.5 Å². The fourth-order valence-electron chi connectivity index (χ4n) is 6.07. The first kappa shape index (κ1) is 17.6. The van der Waals surface area contributed by atoms with Crippen LogP contribution in [0.4, 0.5) is 0 Å². The van der Waals surface area contributed by atoms with E-state index >= 15 is 0 Å². The van der Waals surface area contributed by atoms with E-state index in [1.807, 2.05) is 11.3 Å². The summed E-state index contributed by atoms with van der Waals surface area (Å²) in [4.78, 5) is 0. The van der Waals surface area contributed by atoms with Gasteiger partial charge in [0.05, 0.1) is 5.41 Å². The minimum atomic E-state index is -0.394. The molecule has 0 fully saturated rings. The lowest BCUT2D eigenvalue weighted by molar-refractivity contribution is 0.436. The smallest absolute Gasteiger partial charge is 0.132 e. The molecule has 5 aromatic carbocycles. The molecule has 0 unspecified atom stereocenters. The van der Waals surface area contributed by atoms with E-state index in [2.05, 4.69) is 109 Å². The van der Waals surface area contributed by atoms with Gasteiger partial charge in [0.15, 0.2) is 0 Å². The zero-order valence-corrected chi connectivity index (χ0v) is 18.5. The van der Waals surface area contributed by atoms with Gasteiger partial charge in [-0.1, -0.05) is 78.9 Å². The van der Waals surface area contributed by atoms with Crippen molar-refractivity contribution in [2.45, 2.75) is 5.41 Å². The van der Waals surface area contributed by atoms with Crippen LogP contribution in [-0.4, -0.2) is 0 Å². The van der Waals surface area contributed by atoms with E-state index in [0.717, 1.165) is 11.5 Å². The average molecular weight is 439 g/mol. The summed E-state index contributed by atoms with van der Waals surface area (Å²) in [6.07, 6.45) is 0. The minimum absolute atomic E-state index is 0.394. The lowest BCUT2D eigenvalue weighted by Gasteiger charge is -2.39. The number of hydrogen-bond donors (Lipinski definition) is 0. The number of para-hydroxylation sites is 2. The highest BCUT2D eigenvalue weighted by molar-refractivity contribution is 7.25. The van der Waals surface area contributed by atoms with Crippen molar-refractivity contribution in [1.29, 1.82) is 0 Å². The van der Waals surface area contributed by atoms with E-state index in [1.54, 1.807) is 0 Å². The molecule has 2 heterocycles. The van der Waals surface area contributed by atoms with Crippen LogP contribution < -0.4 is 4.74 Å². The predicted octanol–water partition coefficient (Wildman–Crippen LogP) is 8.52. The molecule has 1 spiro atoms. The molecule has 0 amide bonds. The van der Waals surface area contributed by atoms with Crippen molar-refractivity contribution in [2.24, 2.45) is 0 Å². The monoisotopic (exact) mass is 438 g/mol. The van der Waals surface area contributed by atoms with Gasteiger partial charge >= 0.3 is 0 Å². The Kier molecular flexibility index (Phi) is 3.27. The molecule has 0 bridgehead atoms. The van der Waals surface area contributed by atoms with E-state index in [-0.39, 0.29) is 0 Å². The third kappa shape index (κ3) is 2.08. The number of thiophene rings is 1. The van der Waals surface area contributed by atoms with Crippen LogP contribution in [0.15, 0.2) is 109 Å². The van der Waals surface area contributed by atoms with Gasteiger partial charge in [0.2, 0.25) is 0 Å². The summed E-state index contributed by atoms with van der Waals surface area (Å²) in [7, 11) is 0.